The highest BCUT2D eigenvalue weighted by atomic mass is 32.3. The second-order valence-corrected chi connectivity index (χ2v) is 8.40. The van der Waals surface area contributed by atoms with Crippen molar-refractivity contribution in [2.75, 3.05) is 13.2 Å². The lowest BCUT2D eigenvalue weighted by molar-refractivity contribution is 0.144. The molecule has 4 rings (SSSR count). The zero-order chi connectivity index (χ0) is 21.8. The molecule has 0 aliphatic heterocycles. The Morgan fingerprint density at radius 2 is 1.52 bits per heavy atom. The van der Waals surface area contributed by atoms with Crippen LogP contribution in [0.15, 0.2) is 83.8 Å². The molecule has 0 unspecified atom stereocenters. The maximum absolute atomic E-state index is 13.3. The average molecular weight is 437 g/mol. The molecular formula is C24H20FNO4S. The lowest BCUT2D eigenvalue weighted by atomic mass is 9.98. The van der Waals surface area contributed by atoms with Crippen molar-refractivity contribution >= 4 is 22.4 Å². The van der Waals surface area contributed by atoms with E-state index in [-0.39, 0.29) is 24.6 Å². The smallest absolute Gasteiger partial charge is 0.407 e. The van der Waals surface area contributed by atoms with E-state index in [0.717, 1.165) is 22.3 Å². The van der Waals surface area contributed by atoms with Gasteiger partial charge in [0.2, 0.25) is 0 Å². The van der Waals surface area contributed by atoms with E-state index in [0.29, 0.717) is 0 Å². The lowest BCUT2D eigenvalue weighted by Gasteiger charge is -2.14. The Morgan fingerprint density at radius 1 is 0.935 bits per heavy atom. The first-order valence-electron chi connectivity index (χ1n) is 9.74. The van der Waals surface area contributed by atoms with Gasteiger partial charge in [-0.25, -0.2) is 4.79 Å². The average Bonchev–Trinajstić information content (AvgIpc) is 3.09. The molecule has 0 bridgehead atoms. The fourth-order valence-corrected chi connectivity index (χ4v) is 4.48. The molecule has 0 saturated heterocycles. The summed E-state index contributed by atoms with van der Waals surface area (Å²) in [5, 5.41) is 2.59. The third kappa shape index (κ3) is 4.51. The summed E-state index contributed by atoms with van der Waals surface area (Å²) in [6, 6.07) is 21.9. The monoisotopic (exact) mass is 437 g/mol. The third-order valence-corrected chi connectivity index (χ3v) is 6.08. The molecule has 1 aliphatic carbocycles. The van der Waals surface area contributed by atoms with E-state index >= 15 is 0 Å². The summed E-state index contributed by atoms with van der Waals surface area (Å²) in [5.41, 5.74) is 4.76. The molecule has 158 valence electrons. The number of rotatable bonds is 6. The summed E-state index contributed by atoms with van der Waals surface area (Å²) in [7, 11) is -4.82. The Morgan fingerprint density at radius 3 is 2.16 bits per heavy atom. The molecule has 1 N–H and O–H groups in total. The lowest BCUT2D eigenvalue weighted by Crippen LogP contribution is -2.26. The first-order chi connectivity index (χ1) is 14.9. The molecule has 1 amide bonds. The van der Waals surface area contributed by atoms with Crippen LogP contribution in [0.2, 0.25) is 0 Å². The fraction of sp³-hybridized carbons (Fsp3) is 0.125. The number of nitrogens with one attached hydrogen (secondary N) is 1. The van der Waals surface area contributed by atoms with Crippen LogP contribution >= 0.6 is 0 Å². The molecule has 0 saturated carbocycles. The summed E-state index contributed by atoms with van der Waals surface area (Å²) in [5.74, 6) is -0.0321. The van der Waals surface area contributed by atoms with Gasteiger partial charge in [-0.05, 0) is 33.9 Å². The molecule has 0 spiro atoms. The van der Waals surface area contributed by atoms with E-state index in [1.807, 2.05) is 36.4 Å². The van der Waals surface area contributed by atoms with E-state index in [1.165, 1.54) is 30.4 Å². The second-order valence-electron chi connectivity index (χ2n) is 7.08. The number of carbonyl (C=O) groups excluding carboxylic acids is 1. The van der Waals surface area contributed by atoms with Gasteiger partial charge < -0.3 is 10.1 Å². The molecule has 31 heavy (non-hydrogen) atoms. The van der Waals surface area contributed by atoms with Crippen LogP contribution in [0.1, 0.15) is 22.6 Å². The minimum absolute atomic E-state index is 0.0321. The van der Waals surface area contributed by atoms with Crippen molar-refractivity contribution in [2.45, 2.75) is 10.8 Å². The standard InChI is InChI=1S/C24H20FNO4S/c25-31(28,29)23-14-6-1-8-17(23)9-7-15-26-24(27)30-16-22-20-12-4-2-10-18(20)19-11-3-5-13-21(19)22/h1-14,22H,15-16H2,(H,26,27). The van der Waals surface area contributed by atoms with E-state index in [4.69, 9.17) is 4.74 Å². The summed E-state index contributed by atoms with van der Waals surface area (Å²) in [4.78, 5) is 11.7. The van der Waals surface area contributed by atoms with Crippen molar-refractivity contribution in [3.8, 4) is 11.1 Å². The third-order valence-electron chi connectivity index (χ3n) is 5.19. The molecule has 0 aromatic heterocycles. The van der Waals surface area contributed by atoms with Crippen LogP contribution in [0.5, 0.6) is 0 Å². The quantitative estimate of drug-likeness (QED) is 0.557. The molecule has 1 aliphatic rings. The van der Waals surface area contributed by atoms with E-state index in [1.54, 1.807) is 6.07 Å². The largest absolute Gasteiger partial charge is 0.449 e. The molecular weight excluding hydrogens is 417 g/mol. The summed E-state index contributed by atoms with van der Waals surface area (Å²) in [6.45, 7) is 0.309. The molecule has 5 nitrogen and oxygen atoms in total. The number of fused-ring (bicyclic) bond motifs is 3. The number of benzene rings is 3. The molecule has 3 aromatic carbocycles. The van der Waals surface area contributed by atoms with Gasteiger partial charge in [-0.3, -0.25) is 0 Å². The van der Waals surface area contributed by atoms with Crippen LogP contribution in [0.3, 0.4) is 0 Å². The van der Waals surface area contributed by atoms with Crippen molar-refractivity contribution in [1.29, 1.82) is 0 Å². The highest BCUT2D eigenvalue weighted by Gasteiger charge is 2.28. The number of hydrogen-bond donors (Lipinski definition) is 1. The maximum Gasteiger partial charge on any atom is 0.407 e. The van der Waals surface area contributed by atoms with Crippen molar-refractivity contribution in [1.82, 2.24) is 5.32 Å². The Labute approximate surface area is 180 Å². The number of hydrogen-bond acceptors (Lipinski definition) is 4. The summed E-state index contributed by atoms with van der Waals surface area (Å²) < 4.78 is 41.1. The highest BCUT2D eigenvalue weighted by Crippen LogP contribution is 2.44. The van der Waals surface area contributed by atoms with Gasteiger partial charge in [0, 0.05) is 12.5 Å². The zero-order valence-electron chi connectivity index (χ0n) is 16.5. The van der Waals surface area contributed by atoms with E-state index in [9.17, 15) is 17.1 Å². The van der Waals surface area contributed by atoms with E-state index < -0.39 is 21.2 Å². The zero-order valence-corrected chi connectivity index (χ0v) is 17.3. The van der Waals surface area contributed by atoms with Gasteiger partial charge in [0.1, 0.15) is 11.5 Å². The van der Waals surface area contributed by atoms with Gasteiger partial charge in [0.25, 0.3) is 0 Å². The first kappa shape index (κ1) is 20.8. The molecule has 0 fully saturated rings. The summed E-state index contributed by atoms with van der Waals surface area (Å²) >= 11 is 0. The van der Waals surface area contributed by atoms with Gasteiger partial charge in [-0.15, -0.1) is 3.89 Å². The van der Waals surface area contributed by atoms with E-state index in [2.05, 4.69) is 17.4 Å². The van der Waals surface area contributed by atoms with Gasteiger partial charge in [0.05, 0.1) is 0 Å². The number of amides is 1. The minimum Gasteiger partial charge on any atom is -0.449 e. The molecule has 0 atom stereocenters. The van der Waals surface area contributed by atoms with Gasteiger partial charge >= 0.3 is 16.3 Å². The Balaban J connectivity index is 1.36. The Hall–Kier alpha value is -3.45. The second kappa shape index (κ2) is 8.73. The fourth-order valence-electron chi connectivity index (χ4n) is 3.82. The molecule has 7 heteroatoms. The van der Waals surface area contributed by atoms with Crippen molar-refractivity contribution in [2.24, 2.45) is 0 Å². The molecule has 0 radical (unpaired) electrons. The summed E-state index contributed by atoms with van der Waals surface area (Å²) in [6.07, 6.45) is 2.39. The highest BCUT2D eigenvalue weighted by molar-refractivity contribution is 7.86. The maximum atomic E-state index is 13.3. The first-order valence-corrected chi connectivity index (χ1v) is 11.1. The van der Waals surface area contributed by atoms with Crippen molar-refractivity contribution in [3.05, 3.63) is 95.6 Å². The minimum atomic E-state index is -4.82. The number of alkyl carbamates (subject to hydrolysis) is 1. The van der Waals surface area contributed by atoms with Crippen molar-refractivity contribution in [3.63, 3.8) is 0 Å². The van der Waals surface area contributed by atoms with Crippen LogP contribution < -0.4 is 5.32 Å². The van der Waals surface area contributed by atoms with Crippen molar-refractivity contribution < 1.29 is 21.8 Å². The van der Waals surface area contributed by atoms with Gasteiger partial charge in [-0.1, -0.05) is 78.9 Å². The number of ether oxygens (including phenoxy) is 1. The normalized spacial score (nSPS) is 13.1. The number of carbonyl (C=O) groups is 1. The van der Waals surface area contributed by atoms with Gasteiger partial charge in [-0.2, -0.15) is 8.42 Å². The van der Waals surface area contributed by atoms with Crippen LogP contribution in [-0.4, -0.2) is 27.7 Å². The number of halogens is 1. The van der Waals surface area contributed by atoms with Crippen LogP contribution in [-0.2, 0) is 15.0 Å². The van der Waals surface area contributed by atoms with Gasteiger partial charge in [0.15, 0.2) is 0 Å². The molecule has 3 aromatic rings. The SMILES string of the molecule is O=C(NCC=Cc1ccccc1S(=O)(=O)F)OCC1c2ccccc2-c2ccccc21. The Kier molecular flexibility index (Phi) is 5.86. The van der Waals surface area contributed by atoms with Crippen LogP contribution in [0.4, 0.5) is 8.68 Å². The van der Waals surface area contributed by atoms with Crippen LogP contribution in [0.25, 0.3) is 17.2 Å². The Bertz CT molecular complexity index is 1210. The predicted octanol–water partition coefficient (Wildman–Crippen LogP) is 4.90. The van der Waals surface area contributed by atoms with Crippen LogP contribution in [0, 0.1) is 0 Å². The molecule has 0 heterocycles. The predicted molar refractivity (Wildman–Crippen MR) is 117 cm³/mol. The topological polar surface area (TPSA) is 72.5 Å².